The van der Waals surface area contributed by atoms with Crippen molar-refractivity contribution in [3.8, 4) is 0 Å². The number of hydrogen-bond donors (Lipinski definition) is 0. The van der Waals surface area contributed by atoms with Gasteiger partial charge in [0, 0.05) is 57.6 Å². The molecule has 5 rings (SSSR count). The Morgan fingerprint density at radius 3 is 2.30 bits per heavy atom. The van der Waals surface area contributed by atoms with E-state index in [4.69, 9.17) is 9.97 Å². The number of anilines is 2. The van der Waals surface area contributed by atoms with Crippen molar-refractivity contribution in [1.82, 2.24) is 14.9 Å². The number of aryl methyl sites for hydroxylation is 1. The summed E-state index contributed by atoms with van der Waals surface area (Å²) in [6.07, 6.45) is 1.06. The van der Waals surface area contributed by atoms with Gasteiger partial charge in [-0.1, -0.05) is 54.6 Å². The van der Waals surface area contributed by atoms with Gasteiger partial charge in [-0.3, -0.25) is 4.90 Å². The Labute approximate surface area is 179 Å². The number of aromatic nitrogens is 2. The summed E-state index contributed by atoms with van der Waals surface area (Å²) in [7, 11) is 0. The molecule has 1 saturated heterocycles. The Hall–Kier alpha value is -2.92. The highest BCUT2D eigenvalue weighted by Crippen LogP contribution is 2.25. The molecule has 0 radical (unpaired) electrons. The number of fused-ring (bicyclic) bond motifs is 1. The lowest BCUT2D eigenvalue weighted by Crippen LogP contribution is -2.46. The first-order valence-corrected chi connectivity index (χ1v) is 10.9. The average Bonchev–Trinajstić information content (AvgIpc) is 2.79. The molecule has 5 nitrogen and oxygen atoms in total. The predicted octanol–water partition coefficient (Wildman–Crippen LogP) is 3.67. The van der Waals surface area contributed by atoms with E-state index in [1.807, 2.05) is 0 Å². The molecule has 2 aliphatic heterocycles. The fourth-order valence-electron chi connectivity index (χ4n) is 4.48. The van der Waals surface area contributed by atoms with Gasteiger partial charge >= 0.3 is 0 Å². The van der Waals surface area contributed by atoms with E-state index in [2.05, 4.69) is 82.3 Å². The highest BCUT2D eigenvalue weighted by atomic mass is 15.3. The van der Waals surface area contributed by atoms with Crippen LogP contribution in [0.1, 0.15) is 22.4 Å². The molecule has 154 valence electrons. The third kappa shape index (κ3) is 4.17. The Balaban J connectivity index is 1.27. The Bertz CT molecular complexity index is 995. The van der Waals surface area contributed by atoms with Gasteiger partial charge in [-0.05, 0) is 30.0 Å². The van der Waals surface area contributed by atoms with Gasteiger partial charge in [-0.25, -0.2) is 4.98 Å². The third-order valence-electron chi connectivity index (χ3n) is 6.19. The van der Waals surface area contributed by atoms with Crippen LogP contribution in [-0.4, -0.2) is 47.6 Å². The van der Waals surface area contributed by atoms with E-state index in [0.29, 0.717) is 0 Å². The Morgan fingerprint density at radius 1 is 0.767 bits per heavy atom. The molecular formula is C25H29N5. The van der Waals surface area contributed by atoms with Gasteiger partial charge in [0.2, 0.25) is 5.95 Å². The molecule has 0 aliphatic carbocycles. The van der Waals surface area contributed by atoms with Crippen LogP contribution in [0.4, 0.5) is 11.8 Å². The quantitative estimate of drug-likeness (QED) is 0.669. The zero-order valence-electron chi connectivity index (χ0n) is 17.7. The average molecular weight is 400 g/mol. The van der Waals surface area contributed by atoms with E-state index in [-0.39, 0.29) is 0 Å². The van der Waals surface area contributed by atoms with Gasteiger partial charge in [0.1, 0.15) is 5.82 Å². The molecule has 0 unspecified atom stereocenters. The molecule has 30 heavy (non-hydrogen) atoms. The number of hydrogen-bond acceptors (Lipinski definition) is 5. The van der Waals surface area contributed by atoms with Crippen LogP contribution in [0.5, 0.6) is 0 Å². The molecule has 0 amide bonds. The summed E-state index contributed by atoms with van der Waals surface area (Å²) in [4.78, 5) is 17.0. The highest BCUT2D eigenvalue weighted by molar-refractivity contribution is 5.48. The Morgan fingerprint density at radius 2 is 1.50 bits per heavy atom. The SMILES string of the molecule is Cc1cc(N2CCN(Cc3ccccc3)CC2)nc(N2CCc3ccccc3C2)n1. The molecule has 0 N–H and O–H groups in total. The zero-order chi connectivity index (χ0) is 20.3. The van der Waals surface area contributed by atoms with Gasteiger partial charge in [-0.2, -0.15) is 4.98 Å². The summed E-state index contributed by atoms with van der Waals surface area (Å²) in [5.74, 6) is 1.93. The van der Waals surface area contributed by atoms with Crippen LogP contribution in [-0.2, 0) is 19.5 Å². The largest absolute Gasteiger partial charge is 0.354 e. The molecule has 0 atom stereocenters. The first-order valence-electron chi connectivity index (χ1n) is 10.9. The maximum atomic E-state index is 4.99. The van der Waals surface area contributed by atoms with Crippen LogP contribution in [0.2, 0.25) is 0 Å². The monoisotopic (exact) mass is 399 g/mol. The van der Waals surface area contributed by atoms with E-state index >= 15 is 0 Å². The third-order valence-corrected chi connectivity index (χ3v) is 6.19. The van der Waals surface area contributed by atoms with Gasteiger partial charge in [0.25, 0.3) is 0 Å². The summed E-state index contributed by atoms with van der Waals surface area (Å²) in [6, 6.07) is 21.6. The lowest BCUT2D eigenvalue weighted by atomic mass is 10.0. The second-order valence-corrected chi connectivity index (χ2v) is 8.36. The van der Waals surface area contributed by atoms with Gasteiger partial charge in [-0.15, -0.1) is 0 Å². The minimum Gasteiger partial charge on any atom is -0.354 e. The zero-order valence-corrected chi connectivity index (χ0v) is 17.7. The smallest absolute Gasteiger partial charge is 0.227 e. The van der Waals surface area contributed by atoms with E-state index in [1.54, 1.807) is 0 Å². The summed E-state index contributed by atoms with van der Waals surface area (Å²) < 4.78 is 0. The maximum absolute atomic E-state index is 4.99. The predicted molar refractivity (Wildman–Crippen MR) is 122 cm³/mol. The molecule has 1 aromatic heterocycles. The molecule has 3 aromatic rings. The van der Waals surface area contributed by atoms with Crippen molar-refractivity contribution in [3.05, 3.63) is 83.0 Å². The fraction of sp³-hybridized carbons (Fsp3) is 0.360. The number of rotatable bonds is 4. The molecule has 5 heteroatoms. The van der Waals surface area contributed by atoms with Crippen LogP contribution >= 0.6 is 0 Å². The standard InChI is InChI=1S/C25H29N5/c1-20-17-24(29-15-13-28(14-16-29)18-21-7-3-2-4-8-21)27-25(26-20)30-12-11-22-9-5-6-10-23(22)19-30/h2-10,17H,11-16,18-19H2,1H3. The molecule has 2 aromatic carbocycles. The van der Waals surface area contributed by atoms with Crippen molar-refractivity contribution >= 4 is 11.8 Å². The van der Waals surface area contributed by atoms with Crippen LogP contribution in [0.25, 0.3) is 0 Å². The molecule has 1 fully saturated rings. The van der Waals surface area contributed by atoms with Crippen molar-refractivity contribution < 1.29 is 0 Å². The fourth-order valence-corrected chi connectivity index (χ4v) is 4.48. The topological polar surface area (TPSA) is 35.5 Å². The number of nitrogens with zero attached hydrogens (tertiary/aromatic N) is 5. The normalized spacial score (nSPS) is 17.1. The van der Waals surface area contributed by atoms with Crippen molar-refractivity contribution in [2.45, 2.75) is 26.4 Å². The summed E-state index contributed by atoms with van der Waals surface area (Å²) in [5.41, 5.74) is 5.28. The molecule has 0 bridgehead atoms. The molecule has 0 saturated carbocycles. The van der Waals surface area contributed by atoms with Gasteiger partial charge < -0.3 is 9.80 Å². The number of piperazine rings is 1. The lowest BCUT2D eigenvalue weighted by molar-refractivity contribution is 0.249. The Kier molecular flexibility index (Phi) is 5.37. The summed E-state index contributed by atoms with van der Waals surface area (Å²) in [5, 5.41) is 0. The molecular weight excluding hydrogens is 370 g/mol. The van der Waals surface area contributed by atoms with Crippen molar-refractivity contribution in [3.63, 3.8) is 0 Å². The van der Waals surface area contributed by atoms with Crippen LogP contribution in [0.3, 0.4) is 0 Å². The van der Waals surface area contributed by atoms with E-state index in [1.165, 1.54) is 16.7 Å². The van der Waals surface area contributed by atoms with Gasteiger partial charge in [0.15, 0.2) is 0 Å². The molecule has 0 spiro atoms. The van der Waals surface area contributed by atoms with Gasteiger partial charge in [0.05, 0.1) is 0 Å². The van der Waals surface area contributed by atoms with Crippen molar-refractivity contribution in [2.75, 3.05) is 42.5 Å². The minimum atomic E-state index is 0.867. The van der Waals surface area contributed by atoms with Crippen molar-refractivity contribution in [1.29, 1.82) is 0 Å². The molecule has 3 heterocycles. The summed E-state index contributed by atoms with van der Waals surface area (Å²) >= 11 is 0. The van der Waals surface area contributed by atoms with Crippen molar-refractivity contribution in [2.24, 2.45) is 0 Å². The van der Waals surface area contributed by atoms with Crippen LogP contribution < -0.4 is 9.80 Å². The highest BCUT2D eigenvalue weighted by Gasteiger charge is 2.22. The second kappa shape index (κ2) is 8.44. The maximum Gasteiger partial charge on any atom is 0.227 e. The van der Waals surface area contributed by atoms with E-state index < -0.39 is 0 Å². The number of benzene rings is 2. The first kappa shape index (κ1) is 19.1. The van der Waals surface area contributed by atoms with Crippen LogP contribution in [0.15, 0.2) is 60.7 Å². The van der Waals surface area contributed by atoms with Crippen LogP contribution in [0, 0.1) is 6.92 Å². The second-order valence-electron chi connectivity index (χ2n) is 8.36. The first-order chi connectivity index (χ1) is 14.7. The molecule has 2 aliphatic rings. The summed E-state index contributed by atoms with van der Waals surface area (Å²) in [6.45, 7) is 9.11. The van der Waals surface area contributed by atoms with E-state index in [9.17, 15) is 0 Å². The minimum absolute atomic E-state index is 0.867. The van der Waals surface area contributed by atoms with E-state index in [0.717, 1.165) is 69.7 Å². The lowest BCUT2D eigenvalue weighted by Gasteiger charge is -2.36.